The maximum absolute atomic E-state index is 5.69. The third-order valence-corrected chi connectivity index (χ3v) is 3.44. The zero-order valence-electron chi connectivity index (χ0n) is 13.5. The van der Waals surface area contributed by atoms with Crippen molar-refractivity contribution in [3.05, 3.63) is 29.8 Å². The van der Waals surface area contributed by atoms with Crippen LogP contribution in [0.25, 0.3) is 0 Å². The molecule has 0 aromatic heterocycles. The van der Waals surface area contributed by atoms with Crippen molar-refractivity contribution in [1.29, 1.82) is 0 Å². The van der Waals surface area contributed by atoms with Gasteiger partial charge in [0.2, 0.25) is 0 Å². The predicted octanol–water partition coefficient (Wildman–Crippen LogP) is 3.42. The van der Waals surface area contributed by atoms with Crippen molar-refractivity contribution >= 4 is 0 Å². The maximum atomic E-state index is 5.69. The smallest absolute Gasteiger partial charge is 0.118 e. The van der Waals surface area contributed by atoms with E-state index in [9.17, 15) is 0 Å². The number of hydrogen-bond acceptors (Lipinski definition) is 3. The highest BCUT2D eigenvalue weighted by Crippen LogP contribution is 2.13. The first kappa shape index (κ1) is 17.0. The first-order valence-electron chi connectivity index (χ1n) is 7.47. The number of aryl methyl sites for hydroxylation is 1. The monoisotopic (exact) mass is 279 g/mol. The molecule has 0 heterocycles. The Morgan fingerprint density at radius 2 is 1.85 bits per heavy atom. The SMILES string of the molecule is CCOC(C)(C)CNC(C)CCc1ccc(OC)cc1. The minimum Gasteiger partial charge on any atom is -0.497 e. The quantitative estimate of drug-likeness (QED) is 0.751. The fraction of sp³-hybridized carbons (Fsp3) is 0.647. The molecule has 3 heteroatoms. The molecule has 114 valence electrons. The zero-order chi connectivity index (χ0) is 15.0. The number of hydrogen-bond donors (Lipinski definition) is 1. The van der Waals surface area contributed by atoms with Crippen molar-refractivity contribution in [3.63, 3.8) is 0 Å². The molecule has 1 aromatic carbocycles. The van der Waals surface area contributed by atoms with Gasteiger partial charge in [0.05, 0.1) is 12.7 Å². The molecular weight excluding hydrogens is 250 g/mol. The van der Waals surface area contributed by atoms with Gasteiger partial charge in [-0.05, 0) is 58.2 Å². The Kier molecular flexibility index (Phi) is 7.03. The Morgan fingerprint density at radius 1 is 1.20 bits per heavy atom. The van der Waals surface area contributed by atoms with Crippen LogP contribution < -0.4 is 10.1 Å². The van der Waals surface area contributed by atoms with Gasteiger partial charge in [-0.2, -0.15) is 0 Å². The summed E-state index contributed by atoms with van der Waals surface area (Å²) in [5.74, 6) is 0.915. The summed E-state index contributed by atoms with van der Waals surface area (Å²) in [5.41, 5.74) is 1.26. The van der Waals surface area contributed by atoms with Crippen LogP contribution in [0.15, 0.2) is 24.3 Å². The van der Waals surface area contributed by atoms with Crippen LogP contribution in [-0.4, -0.2) is 31.9 Å². The summed E-state index contributed by atoms with van der Waals surface area (Å²) < 4.78 is 10.9. The number of methoxy groups -OCH3 is 1. The van der Waals surface area contributed by atoms with Crippen LogP contribution in [0.5, 0.6) is 5.75 Å². The van der Waals surface area contributed by atoms with Gasteiger partial charge in [-0.25, -0.2) is 0 Å². The summed E-state index contributed by atoms with van der Waals surface area (Å²) in [4.78, 5) is 0. The average molecular weight is 279 g/mol. The van der Waals surface area contributed by atoms with Crippen LogP contribution in [0, 0.1) is 0 Å². The van der Waals surface area contributed by atoms with Gasteiger partial charge in [0.25, 0.3) is 0 Å². The van der Waals surface area contributed by atoms with Crippen molar-refractivity contribution < 1.29 is 9.47 Å². The molecule has 0 aliphatic carbocycles. The number of rotatable bonds is 9. The van der Waals surface area contributed by atoms with E-state index in [4.69, 9.17) is 9.47 Å². The van der Waals surface area contributed by atoms with Crippen LogP contribution in [0.4, 0.5) is 0 Å². The van der Waals surface area contributed by atoms with Gasteiger partial charge in [0.15, 0.2) is 0 Å². The standard InChI is InChI=1S/C17H29NO2/c1-6-20-17(3,4)13-18-14(2)7-8-15-9-11-16(19-5)12-10-15/h9-12,14,18H,6-8,13H2,1-5H3. The predicted molar refractivity (Wildman–Crippen MR) is 84.5 cm³/mol. The minimum atomic E-state index is -0.0941. The third-order valence-electron chi connectivity index (χ3n) is 3.44. The molecule has 1 unspecified atom stereocenters. The molecule has 0 amide bonds. The van der Waals surface area contributed by atoms with E-state index >= 15 is 0 Å². The van der Waals surface area contributed by atoms with E-state index in [2.05, 4.69) is 38.2 Å². The van der Waals surface area contributed by atoms with Gasteiger partial charge in [0.1, 0.15) is 5.75 Å². The molecule has 1 rings (SSSR count). The zero-order valence-corrected chi connectivity index (χ0v) is 13.5. The van der Waals surface area contributed by atoms with E-state index in [0.29, 0.717) is 6.04 Å². The Labute approximate surface area is 123 Å². The lowest BCUT2D eigenvalue weighted by molar-refractivity contribution is -0.0104. The molecule has 1 atom stereocenters. The lowest BCUT2D eigenvalue weighted by atomic mass is 10.0. The molecule has 0 fully saturated rings. The van der Waals surface area contributed by atoms with Crippen LogP contribution in [0.1, 0.15) is 39.7 Å². The molecule has 20 heavy (non-hydrogen) atoms. The largest absolute Gasteiger partial charge is 0.497 e. The third kappa shape index (κ3) is 6.40. The van der Waals surface area contributed by atoms with Crippen molar-refractivity contribution in [2.45, 2.75) is 52.2 Å². The summed E-state index contributed by atoms with van der Waals surface area (Å²) in [7, 11) is 1.70. The van der Waals surface area contributed by atoms with Crippen molar-refractivity contribution in [2.75, 3.05) is 20.3 Å². The Morgan fingerprint density at radius 3 is 2.40 bits per heavy atom. The normalized spacial score (nSPS) is 13.2. The van der Waals surface area contributed by atoms with Gasteiger partial charge in [-0.3, -0.25) is 0 Å². The molecule has 0 spiro atoms. The Bertz CT molecular complexity index is 373. The number of ether oxygens (including phenoxy) is 2. The molecule has 1 N–H and O–H groups in total. The van der Waals surface area contributed by atoms with Crippen LogP contribution >= 0.6 is 0 Å². The van der Waals surface area contributed by atoms with Crippen LogP contribution in [0.2, 0.25) is 0 Å². The fourth-order valence-electron chi connectivity index (χ4n) is 2.14. The highest BCUT2D eigenvalue weighted by atomic mass is 16.5. The van der Waals surface area contributed by atoms with Crippen molar-refractivity contribution in [2.24, 2.45) is 0 Å². The second-order valence-corrected chi connectivity index (χ2v) is 5.86. The van der Waals surface area contributed by atoms with E-state index in [0.717, 1.165) is 31.7 Å². The summed E-state index contributed by atoms with van der Waals surface area (Å²) in [6.45, 7) is 10.2. The second kappa shape index (κ2) is 8.28. The van der Waals surface area contributed by atoms with Crippen molar-refractivity contribution in [1.82, 2.24) is 5.32 Å². The van der Waals surface area contributed by atoms with Gasteiger partial charge in [-0.1, -0.05) is 12.1 Å². The highest BCUT2D eigenvalue weighted by molar-refractivity contribution is 5.27. The van der Waals surface area contributed by atoms with E-state index in [-0.39, 0.29) is 5.60 Å². The Hall–Kier alpha value is -1.06. The van der Waals surface area contributed by atoms with Gasteiger partial charge in [-0.15, -0.1) is 0 Å². The van der Waals surface area contributed by atoms with Crippen LogP contribution in [-0.2, 0) is 11.2 Å². The average Bonchev–Trinajstić information content (AvgIpc) is 2.43. The molecule has 1 aromatic rings. The van der Waals surface area contributed by atoms with Crippen molar-refractivity contribution in [3.8, 4) is 5.75 Å². The van der Waals surface area contributed by atoms with Gasteiger partial charge < -0.3 is 14.8 Å². The Balaban J connectivity index is 2.30. The van der Waals surface area contributed by atoms with Gasteiger partial charge >= 0.3 is 0 Å². The minimum absolute atomic E-state index is 0.0941. The molecule has 0 saturated carbocycles. The topological polar surface area (TPSA) is 30.5 Å². The van der Waals surface area contributed by atoms with E-state index in [1.807, 2.05) is 19.1 Å². The number of benzene rings is 1. The molecule has 0 saturated heterocycles. The number of nitrogens with one attached hydrogen (secondary N) is 1. The summed E-state index contributed by atoms with van der Waals surface area (Å²) >= 11 is 0. The first-order valence-corrected chi connectivity index (χ1v) is 7.47. The summed E-state index contributed by atoms with van der Waals surface area (Å²) in [6.07, 6.45) is 2.20. The summed E-state index contributed by atoms with van der Waals surface area (Å²) in [5, 5.41) is 3.55. The lowest BCUT2D eigenvalue weighted by Gasteiger charge is -2.27. The molecular formula is C17H29NO2. The molecule has 0 aliphatic heterocycles. The molecule has 0 radical (unpaired) electrons. The highest BCUT2D eigenvalue weighted by Gasteiger charge is 2.18. The maximum Gasteiger partial charge on any atom is 0.118 e. The first-order chi connectivity index (χ1) is 9.46. The second-order valence-electron chi connectivity index (χ2n) is 5.86. The van der Waals surface area contributed by atoms with Crippen LogP contribution in [0.3, 0.4) is 0 Å². The van der Waals surface area contributed by atoms with E-state index in [1.54, 1.807) is 7.11 Å². The molecule has 0 aliphatic rings. The summed E-state index contributed by atoms with van der Waals surface area (Å²) in [6, 6.07) is 8.79. The van der Waals surface area contributed by atoms with E-state index < -0.39 is 0 Å². The molecule has 0 bridgehead atoms. The molecule has 3 nitrogen and oxygen atoms in total. The van der Waals surface area contributed by atoms with Gasteiger partial charge in [0, 0.05) is 19.2 Å². The fourth-order valence-corrected chi connectivity index (χ4v) is 2.14. The van der Waals surface area contributed by atoms with E-state index in [1.165, 1.54) is 5.56 Å². The lowest BCUT2D eigenvalue weighted by Crippen LogP contribution is -2.41.